The van der Waals surface area contributed by atoms with Gasteiger partial charge in [0.05, 0.1) is 5.25 Å². The van der Waals surface area contributed by atoms with E-state index in [0.717, 1.165) is 24.8 Å². The van der Waals surface area contributed by atoms with Gasteiger partial charge in [0.15, 0.2) is 0 Å². The van der Waals surface area contributed by atoms with E-state index in [4.69, 9.17) is 0 Å². The summed E-state index contributed by atoms with van der Waals surface area (Å²) in [5.74, 6) is 0.0729. The number of carbonyl (C=O) groups is 1. The zero-order chi connectivity index (χ0) is 13.0. The molecule has 1 aliphatic carbocycles. The van der Waals surface area contributed by atoms with Gasteiger partial charge in [-0.3, -0.25) is 4.79 Å². The van der Waals surface area contributed by atoms with Crippen LogP contribution in [0.5, 0.6) is 0 Å². The molecule has 0 aliphatic heterocycles. The summed E-state index contributed by atoms with van der Waals surface area (Å²) >= 11 is 4.44. The number of hydrogen-bond donors (Lipinski definition) is 2. The maximum atomic E-state index is 12.1. The molecule has 1 aromatic carbocycles. The first-order valence-electron chi connectivity index (χ1n) is 6.69. The molecule has 2 nitrogen and oxygen atoms in total. The van der Waals surface area contributed by atoms with Gasteiger partial charge in [-0.25, -0.2) is 0 Å². The highest BCUT2D eigenvalue weighted by Crippen LogP contribution is 2.34. The minimum atomic E-state index is -0.253. The summed E-state index contributed by atoms with van der Waals surface area (Å²) in [4.78, 5) is 12.1. The van der Waals surface area contributed by atoms with Crippen molar-refractivity contribution in [1.82, 2.24) is 5.32 Å². The molecule has 0 spiro atoms. The Labute approximate surface area is 115 Å². The Hall–Kier alpha value is -0.960. The average Bonchev–Trinajstić information content (AvgIpc) is 2.34. The molecule has 18 heavy (non-hydrogen) atoms. The maximum Gasteiger partial charge on any atom is 0.233 e. The van der Waals surface area contributed by atoms with Crippen LogP contribution in [0.3, 0.4) is 0 Å². The van der Waals surface area contributed by atoms with Crippen molar-refractivity contribution in [3.05, 3.63) is 35.9 Å². The third-order valence-electron chi connectivity index (χ3n) is 3.95. The molecule has 0 bridgehead atoms. The highest BCUT2D eigenvalue weighted by atomic mass is 32.1. The van der Waals surface area contributed by atoms with Gasteiger partial charge in [0, 0.05) is 5.54 Å². The van der Waals surface area contributed by atoms with E-state index < -0.39 is 0 Å². The van der Waals surface area contributed by atoms with E-state index in [1.54, 1.807) is 0 Å². The Morgan fingerprint density at radius 2 is 2.06 bits per heavy atom. The lowest BCUT2D eigenvalue weighted by atomic mass is 9.75. The number of amides is 1. The van der Waals surface area contributed by atoms with Crippen LogP contribution < -0.4 is 5.32 Å². The summed E-state index contributed by atoms with van der Waals surface area (Å²) in [5, 5.41) is 2.93. The monoisotopic (exact) mass is 263 g/mol. The molecule has 0 saturated heterocycles. The van der Waals surface area contributed by atoms with Crippen molar-refractivity contribution in [2.75, 3.05) is 0 Å². The van der Waals surface area contributed by atoms with E-state index >= 15 is 0 Å². The van der Waals surface area contributed by atoms with E-state index in [9.17, 15) is 4.79 Å². The molecule has 0 aromatic heterocycles. The van der Waals surface area contributed by atoms with Crippen molar-refractivity contribution in [1.29, 1.82) is 0 Å². The van der Waals surface area contributed by atoms with Gasteiger partial charge in [0.25, 0.3) is 0 Å². The highest BCUT2D eigenvalue weighted by molar-refractivity contribution is 7.81. The third-order valence-corrected chi connectivity index (χ3v) is 4.37. The lowest BCUT2D eigenvalue weighted by molar-refractivity contribution is -0.123. The van der Waals surface area contributed by atoms with Gasteiger partial charge >= 0.3 is 0 Å². The van der Waals surface area contributed by atoms with Crippen LogP contribution in [0.4, 0.5) is 0 Å². The second kappa shape index (κ2) is 5.79. The molecule has 2 rings (SSSR count). The predicted molar refractivity (Wildman–Crippen MR) is 77.9 cm³/mol. The van der Waals surface area contributed by atoms with Crippen molar-refractivity contribution in [3.8, 4) is 0 Å². The van der Waals surface area contributed by atoms with Crippen LogP contribution >= 0.6 is 12.6 Å². The largest absolute Gasteiger partial charge is 0.350 e. The van der Waals surface area contributed by atoms with Crippen molar-refractivity contribution in [3.63, 3.8) is 0 Å². The molecule has 1 aliphatic rings. The fraction of sp³-hybridized carbons (Fsp3) is 0.533. The zero-order valence-electron chi connectivity index (χ0n) is 10.9. The number of carbonyl (C=O) groups excluding carboxylic acids is 1. The summed E-state index contributed by atoms with van der Waals surface area (Å²) in [6.45, 7) is 2.14. The second-order valence-corrected chi connectivity index (χ2v) is 5.81. The summed E-state index contributed by atoms with van der Waals surface area (Å²) < 4.78 is 0. The molecular weight excluding hydrogens is 242 g/mol. The van der Waals surface area contributed by atoms with Gasteiger partial charge in [0.2, 0.25) is 5.91 Å². The molecule has 1 saturated carbocycles. The summed E-state index contributed by atoms with van der Waals surface area (Å²) in [6, 6.07) is 10.0. The number of nitrogens with one attached hydrogen (secondary N) is 1. The van der Waals surface area contributed by atoms with Crippen LogP contribution in [-0.4, -0.2) is 16.7 Å². The number of benzene rings is 1. The molecule has 0 heterocycles. The molecule has 1 N–H and O–H groups in total. The van der Waals surface area contributed by atoms with Gasteiger partial charge in [-0.2, -0.15) is 12.6 Å². The summed E-state index contributed by atoms with van der Waals surface area (Å²) in [5.41, 5.74) is 1.22. The topological polar surface area (TPSA) is 29.1 Å². The maximum absolute atomic E-state index is 12.1. The van der Waals surface area contributed by atoms with Crippen LogP contribution in [0.15, 0.2) is 30.3 Å². The molecule has 0 radical (unpaired) electrons. The quantitative estimate of drug-likeness (QED) is 0.786. The smallest absolute Gasteiger partial charge is 0.233 e. The average molecular weight is 263 g/mol. The molecular formula is C15H21NOS. The van der Waals surface area contributed by atoms with E-state index in [2.05, 4.69) is 24.9 Å². The van der Waals surface area contributed by atoms with Crippen LogP contribution in [0.1, 0.15) is 38.2 Å². The minimum absolute atomic E-state index is 0.0642. The second-order valence-electron chi connectivity index (χ2n) is 5.18. The fourth-order valence-corrected chi connectivity index (χ4v) is 2.72. The molecule has 1 aromatic rings. The Morgan fingerprint density at radius 1 is 1.39 bits per heavy atom. The Balaban J connectivity index is 1.89. The number of hydrogen-bond acceptors (Lipinski definition) is 2. The molecule has 1 unspecified atom stereocenters. The van der Waals surface area contributed by atoms with Crippen LogP contribution in [0, 0.1) is 0 Å². The molecule has 1 atom stereocenters. The lowest BCUT2D eigenvalue weighted by Crippen LogP contribution is -2.55. The highest BCUT2D eigenvalue weighted by Gasteiger charge is 2.37. The first-order chi connectivity index (χ1) is 8.65. The standard InChI is InChI=1S/C15H21NOS/c1-2-15(9-6-10-15)16-14(17)13(18)11-12-7-4-3-5-8-12/h3-5,7-8,13,18H,2,6,9-11H2,1H3,(H,16,17). The van der Waals surface area contributed by atoms with Gasteiger partial charge in [0.1, 0.15) is 0 Å². The van der Waals surface area contributed by atoms with Crippen molar-refractivity contribution in [2.24, 2.45) is 0 Å². The molecule has 1 fully saturated rings. The van der Waals surface area contributed by atoms with Gasteiger partial charge in [-0.05, 0) is 37.7 Å². The fourth-order valence-electron chi connectivity index (χ4n) is 2.45. The van der Waals surface area contributed by atoms with E-state index in [0.29, 0.717) is 6.42 Å². The molecule has 3 heteroatoms. The van der Waals surface area contributed by atoms with E-state index in [1.807, 2.05) is 30.3 Å². The van der Waals surface area contributed by atoms with Crippen molar-refractivity contribution in [2.45, 2.75) is 49.8 Å². The number of thiol groups is 1. The van der Waals surface area contributed by atoms with E-state index in [-0.39, 0.29) is 16.7 Å². The first-order valence-corrected chi connectivity index (χ1v) is 7.21. The van der Waals surface area contributed by atoms with Crippen molar-refractivity contribution < 1.29 is 4.79 Å². The van der Waals surface area contributed by atoms with Crippen LogP contribution in [0.25, 0.3) is 0 Å². The summed E-state index contributed by atoms with van der Waals surface area (Å²) in [7, 11) is 0. The summed E-state index contributed by atoms with van der Waals surface area (Å²) in [6.07, 6.45) is 5.16. The van der Waals surface area contributed by atoms with Gasteiger partial charge in [-0.1, -0.05) is 37.3 Å². The van der Waals surface area contributed by atoms with Gasteiger partial charge in [-0.15, -0.1) is 0 Å². The van der Waals surface area contributed by atoms with Gasteiger partial charge < -0.3 is 5.32 Å². The predicted octanol–water partition coefficient (Wildman–Crippen LogP) is 2.98. The molecule has 98 valence electrons. The Kier molecular flexibility index (Phi) is 4.33. The van der Waals surface area contributed by atoms with E-state index in [1.165, 1.54) is 6.42 Å². The van der Waals surface area contributed by atoms with Crippen LogP contribution in [-0.2, 0) is 11.2 Å². The Morgan fingerprint density at radius 3 is 2.56 bits per heavy atom. The SMILES string of the molecule is CCC1(NC(=O)C(S)Cc2ccccc2)CCC1. The van der Waals surface area contributed by atoms with Crippen molar-refractivity contribution >= 4 is 18.5 Å². The molecule has 1 amide bonds. The lowest BCUT2D eigenvalue weighted by Gasteiger charge is -2.42. The third kappa shape index (κ3) is 3.08. The number of rotatable bonds is 5. The normalized spacial score (nSPS) is 18.8. The van der Waals surface area contributed by atoms with Crippen LogP contribution in [0.2, 0.25) is 0 Å². The zero-order valence-corrected chi connectivity index (χ0v) is 11.7. The Bertz CT molecular complexity index is 395. The minimum Gasteiger partial charge on any atom is -0.350 e. The first kappa shape index (κ1) is 13.5.